The molecule has 4 aromatic carbocycles. The van der Waals surface area contributed by atoms with E-state index in [9.17, 15) is 14.7 Å². The molecule has 0 radical (unpaired) electrons. The molecule has 1 heterocycles. The molecule has 46 heavy (non-hydrogen) atoms. The molecule has 0 saturated carbocycles. The molecule has 0 spiro atoms. The number of nitrogens with two attached hydrogens (primary N) is 2. The second-order valence-corrected chi connectivity index (χ2v) is 11.5. The van der Waals surface area contributed by atoms with E-state index in [2.05, 4.69) is 0 Å². The van der Waals surface area contributed by atoms with Crippen molar-refractivity contribution < 1.29 is 28.9 Å². The maximum absolute atomic E-state index is 14.2. The van der Waals surface area contributed by atoms with E-state index in [-0.39, 0.29) is 30.7 Å². The van der Waals surface area contributed by atoms with Gasteiger partial charge in [0.1, 0.15) is 23.0 Å². The Morgan fingerprint density at radius 1 is 0.870 bits per heavy atom. The van der Waals surface area contributed by atoms with Crippen molar-refractivity contribution in [2.24, 2.45) is 11.5 Å². The molecule has 0 atom stereocenters. The zero-order valence-electron chi connectivity index (χ0n) is 25.3. The largest absolute Gasteiger partial charge is 0.508 e. The van der Waals surface area contributed by atoms with Crippen LogP contribution in [0.2, 0.25) is 0 Å². The number of benzene rings is 4. The number of hydrogen-bond acceptors (Lipinski definition) is 9. The summed E-state index contributed by atoms with van der Waals surface area (Å²) in [4.78, 5) is 31.7. The number of hydrogen-bond donors (Lipinski definition) is 3. The summed E-state index contributed by atoms with van der Waals surface area (Å²) in [5, 5.41) is 10.1. The van der Waals surface area contributed by atoms with Gasteiger partial charge in [0.05, 0.1) is 36.6 Å². The second-order valence-electron chi connectivity index (χ2n) is 10.5. The van der Waals surface area contributed by atoms with Gasteiger partial charge in [-0.3, -0.25) is 14.5 Å². The summed E-state index contributed by atoms with van der Waals surface area (Å²) in [7, 11) is 0. The Balaban J connectivity index is 1.39. The number of aromatic hydroxyl groups is 1. The van der Waals surface area contributed by atoms with Crippen molar-refractivity contribution in [3.63, 3.8) is 0 Å². The Kier molecular flexibility index (Phi) is 11.2. The number of rotatable bonds is 16. The van der Waals surface area contributed by atoms with Crippen LogP contribution in [0.5, 0.6) is 23.0 Å². The first-order chi connectivity index (χ1) is 22.4. The lowest BCUT2D eigenvalue weighted by Crippen LogP contribution is -2.31. The fourth-order valence-corrected chi connectivity index (χ4v) is 5.67. The Hall–Kier alpha value is -4.97. The fraction of sp³-hybridized carbons (Fsp3) is 0.229. The van der Waals surface area contributed by atoms with Crippen LogP contribution >= 0.6 is 11.3 Å². The molecular formula is C35H36N4O6S. The minimum absolute atomic E-state index is 0.159. The van der Waals surface area contributed by atoms with E-state index in [0.29, 0.717) is 60.5 Å². The monoisotopic (exact) mass is 640 g/mol. The number of fused-ring (bicyclic) bond motifs is 1. The average molecular weight is 641 g/mol. The Morgan fingerprint density at radius 3 is 2.37 bits per heavy atom. The Bertz CT molecular complexity index is 1760. The summed E-state index contributed by atoms with van der Waals surface area (Å²) in [5.41, 5.74) is 13.7. The zero-order valence-corrected chi connectivity index (χ0v) is 26.1. The van der Waals surface area contributed by atoms with E-state index in [1.54, 1.807) is 35.2 Å². The first-order valence-corrected chi connectivity index (χ1v) is 15.8. The van der Waals surface area contributed by atoms with Gasteiger partial charge in [-0.1, -0.05) is 41.7 Å². The van der Waals surface area contributed by atoms with Crippen molar-refractivity contribution >= 4 is 38.5 Å². The number of amides is 2. The van der Waals surface area contributed by atoms with E-state index in [0.717, 1.165) is 27.8 Å². The van der Waals surface area contributed by atoms with Crippen LogP contribution in [0.15, 0.2) is 91.0 Å². The molecule has 5 rings (SSSR count). The van der Waals surface area contributed by atoms with Crippen molar-refractivity contribution in [2.75, 3.05) is 24.7 Å². The molecule has 0 bridgehead atoms. The Morgan fingerprint density at radius 2 is 1.61 bits per heavy atom. The lowest BCUT2D eigenvalue weighted by Gasteiger charge is -2.22. The SMILES string of the molecule is NCCOCc1ccccc1C(=O)N(Cc1ccc(OCCCCC(N)=O)cc1)c1nc2ccc(Oc3ccc(O)cc3)cc2s1. The molecule has 0 aliphatic carbocycles. The molecule has 0 aliphatic heterocycles. The fourth-order valence-electron chi connectivity index (χ4n) is 4.68. The van der Waals surface area contributed by atoms with Crippen LogP contribution in [0.1, 0.15) is 40.7 Å². The standard InChI is InChI=1S/C35H36N4O6S/c36-18-20-43-23-25-5-1-2-6-30(25)34(42)39(22-24-8-12-27(13-9-24)44-19-4-3-7-33(37)41)35-38-31-17-16-29(21-32(31)46-35)45-28-14-10-26(40)11-15-28/h1-2,5-6,8-17,21,40H,3-4,7,18-20,22-23,36H2,(H2,37,41). The van der Waals surface area contributed by atoms with Gasteiger partial charge in [-0.15, -0.1) is 0 Å². The molecule has 5 N–H and O–H groups in total. The highest BCUT2D eigenvalue weighted by Crippen LogP contribution is 2.35. The van der Waals surface area contributed by atoms with Crippen LogP contribution in [-0.4, -0.2) is 41.7 Å². The normalized spacial score (nSPS) is 11.0. The third-order valence-corrected chi connectivity index (χ3v) is 8.06. The van der Waals surface area contributed by atoms with E-state index >= 15 is 0 Å². The van der Waals surface area contributed by atoms with Crippen molar-refractivity contribution in [3.05, 3.63) is 108 Å². The van der Waals surface area contributed by atoms with Crippen LogP contribution in [-0.2, 0) is 22.7 Å². The van der Waals surface area contributed by atoms with Crippen LogP contribution in [0.4, 0.5) is 5.13 Å². The quantitative estimate of drug-likeness (QED) is 0.109. The van der Waals surface area contributed by atoms with Gasteiger partial charge in [-0.05, 0) is 78.6 Å². The number of primary amides is 1. The number of aromatic nitrogens is 1. The number of phenols is 1. The van der Waals surface area contributed by atoms with Crippen LogP contribution < -0.4 is 25.8 Å². The molecular weight excluding hydrogens is 604 g/mol. The van der Waals surface area contributed by atoms with Crippen LogP contribution in [0.3, 0.4) is 0 Å². The number of thiazole rings is 1. The van der Waals surface area contributed by atoms with Gasteiger partial charge in [-0.25, -0.2) is 4.98 Å². The number of carbonyl (C=O) groups excluding carboxylic acids is 2. The third-order valence-electron chi connectivity index (χ3n) is 7.01. The highest BCUT2D eigenvalue weighted by Gasteiger charge is 2.24. The summed E-state index contributed by atoms with van der Waals surface area (Å²) in [6.07, 6.45) is 1.74. The molecule has 0 saturated heterocycles. The van der Waals surface area contributed by atoms with Crippen molar-refractivity contribution in [1.29, 1.82) is 0 Å². The molecule has 238 valence electrons. The van der Waals surface area contributed by atoms with Crippen molar-refractivity contribution in [3.8, 4) is 23.0 Å². The number of anilines is 1. The van der Waals surface area contributed by atoms with E-state index in [4.69, 9.17) is 30.7 Å². The van der Waals surface area contributed by atoms with Gasteiger partial charge in [0, 0.05) is 24.6 Å². The highest BCUT2D eigenvalue weighted by molar-refractivity contribution is 7.22. The van der Waals surface area contributed by atoms with Gasteiger partial charge in [-0.2, -0.15) is 0 Å². The smallest absolute Gasteiger partial charge is 0.260 e. The number of carbonyl (C=O) groups is 2. The molecule has 0 fully saturated rings. The number of phenolic OH excluding ortho intramolecular Hbond substituents is 1. The number of ether oxygens (including phenoxy) is 3. The Labute approximate surface area is 271 Å². The summed E-state index contributed by atoms with van der Waals surface area (Å²) in [6, 6.07) is 27.0. The second kappa shape index (κ2) is 15.8. The van der Waals surface area contributed by atoms with Crippen LogP contribution in [0, 0.1) is 0 Å². The molecule has 10 nitrogen and oxygen atoms in total. The van der Waals surface area contributed by atoms with Crippen molar-refractivity contribution in [2.45, 2.75) is 32.4 Å². The third kappa shape index (κ3) is 8.81. The zero-order chi connectivity index (χ0) is 32.3. The van der Waals surface area contributed by atoms with Gasteiger partial charge in [0.25, 0.3) is 5.91 Å². The van der Waals surface area contributed by atoms with E-state index < -0.39 is 0 Å². The lowest BCUT2D eigenvalue weighted by atomic mass is 10.1. The highest BCUT2D eigenvalue weighted by atomic mass is 32.1. The van der Waals surface area contributed by atoms with E-state index in [1.807, 2.05) is 60.7 Å². The van der Waals surface area contributed by atoms with Gasteiger partial charge in [0.2, 0.25) is 5.91 Å². The predicted molar refractivity (Wildman–Crippen MR) is 178 cm³/mol. The molecule has 11 heteroatoms. The minimum Gasteiger partial charge on any atom is -0.508 e. The molecule has 2 amide bonds. The van der Waals surface area contributed by atoms with Crippen molar-refractivity contribution in [1.82, 2.24) is 4.98 Å². The number of unbranched alkanes of at least 4 members (excludes halogenated alkanes) is 1. The van der Waals surface area contributed by atoms with Gasteiger partial charge in [0.15, 0.2) is 5.13 Å². The molecule has 1 aromatic heterocycles. The topological polar surface area (TPSA) is 150 Å². The molecule has 5 aromatic rings. The lowest BCUT2D eigenvalue weighted by molar-refractivity contribution is -0.118. The molecule has 0 aliphatic rings. The first-order valence-electron chi connectivity index (χ1n) is 14.9. The summed E-state index contributed by atoms with van der Waals surface area (Å²) in [6.45, 7) is 1.78. The first kappa shape index (κ1) is 32.4. The number of nitrogens with zero attached hydrogens (tertiary/aromatic N) is 2. The average Bonchev–Trinajstić information content (AvgIpc) is 3.48. The maximum atomic E-state index is 14.2. The maximum Gasteiger partial charge on any atom is 0.260 e. The molecule has 0 unspecified atom stereocenters. The summed E-state index contributed by atoms with van der Waals surface area (Å²) >= 11 is 1.39. The minimum atomic E-state index is -0.315. The van der Waals surface area contributed by atoms with E-state index in [1.165, 1.54) is 11.3 Å². The van der Waals surface area contributed by atoms with Crippen LogP contribution in [0.25, 0.3) is 10.2 Å². The predicted octanol–water partition coefficient (Wildman–Crippen LogP) is 6.15. The summed E-state index contributed by atoms with van der Waals surface area (Å²) < 4.78 is 18.3. The van der Waals surface area contributed by atoms with Gasteiger partial charge >= 0.3 is 0 Å². The summed E-state index contributed by atoms with van der Waals surface area (Å²) in [5.74, 6) is 1.53. The van der Waals surface area contributed by atoms with Gasteiger partial charge < -0.3 is 30.8 Å².